The van der Waals surface area contributed by atoms with E-state index in [4.69, 9.17) is 14.6 Å². The molecule has 4 aromatic rings. The van der Waals surface area contributed by atoms with E-state index in [9.17, 15) is 0 Å². The van der Waals surface area contributed by atoms with Crippen LogP contribution in [0, 0.1) is 19.3 Å². The standard InChI is InChI=1S/C24H29N7O/c1-14-10-16(11-15(2)17(14)6-7-20-25-13-26-28-20)22-27-23(32-30-22)21-18-8-9-24(3,4)12-19(18)31(5)29-21/h10-11,13H,6-9,12H2,1-5H3,(H,25,26,28). The number of hydrogen-bond acceptors (Lipinski definition) is 6. The van der Waals surface area contributed by atoms with Gasteiger partial charge >= 0.3 is 0 Å². The molecule has 1 aliphatic rings. The van der Waals surface area contributed by atoms with Gasteiger partial charge in [0.25, 0.3) is 5.89 Å². The lowest BCUT2D eigenvalue weighted by Crippen LogP contribution is -2.23. The van der Waals surface area contributed by atoms with Gasteiger partial charge in [0.1, 0.15) is 6.33 Å². The molecule has 32 heavy (non-hydrogen) atoms. The van der Waals surface area contributed by atoms with Gasteiger partial charge in [0.05, 0.1) is 0 Å². The highest BCUT2D eigenvalue weighted by Gasteiger charge is 2.32. The zero-order chi connectivity index (χ0) is 22.5. The van der Waals surface area contributed by atoms with E-state index in [1.165, 1.54) is 27.9 Å². The minimum Gasteiger partial charge on any atom is -0.332 e. The lowest BCUT2D eigenvalue weighted by atomic mass is 9.76. The Morgan fingerprint density at radius 1 is 1.16 bits per heavy atom. The monoisotopic (exact) mass is 431 g/mol. The molecule has 1 N–H and O–H groups in total. The van der Waals surface area contributed by atoms with Crippen LogP contribution in [0.4, 0.5) is 0 Å². The first kappa shape index (κ1) is 20.6. The first-order chi connectivity index (χ1) is 15.3. The average molecular weight is 432 g/mol. The molecule has 1 aromatic carbocycles. The van der Waals surface area contributed by atoms with Crippen LogP contribution in [0.25, 0.3) is 23.0 Å². The Bertz CT molecular complexity index is 1240. The summed E-state index contributed by atoms with van der Waals surface area (Å²) < 4.78 is 7.66. The van der Waals surface area contributed by atoms with E-state index in [-0.39, 0.29) is 0 Å². The largest absolute Gasteiger partial charge is 0.332 e. The number of nitrogens with zero attached hydrogens (tertiary/aromatic N) is 6. The molecule has 0 bridgehead atoms. The molecule has 0 unspecified atom stereocenters. The second-order valence-electron chi connectivity index (χ2n) is 9.67. The smallest absolute Gasteiger partial charge is 0.279 e. The van der Waals surface area contributed by atoms with Crippen molar-refractivity contribution >= 4 is 0 Å². The van der Waals surface area contributed by atoms with Crippen molar-refractivity contribution in [1.29, 1.82) is 0 Å². The summed E-state index contributed by atoms with van der Waals surface area (Å²) in [5, 5.41) is 16.0. The van der Waals surface area contributed by atoms with Gasteiger partial charge in [-0.3, -0.25) is 9.78 Å². The van der Waals surface area contributed by atoms with Gasteiger partial charge in [-0.25, -0.2) is 4.98 Å². The van der Waals surface area contributed by atoms with Gasteiger partial charge < -0.3 is 4.52 Å². The van der Waals surface area contributed by atoms with E-state index in [1.807, 2.05) is 11.7 Å². The van der Waals surface area contributed by atoms with Crippen LogP contribution in [0.2, 0.25) is 0 Å². The summed E-state index contributed by atoms with van der Waals surface area (Å²) in [4.78, 5) is 8.95. The molecule has 0 aliphatic heterocycles. The molecule has 166 valence electrons. The molecule has 3 aromatic heterocycles. The molecule has 0 atom stereocenters. The maximum absolute atomic E-state index is 5.69. The van der Waals surface area contributed by atoms with E-state index < -0.39 is 0 Å². The normalized spacial score (nSPS) is 15.2. The molecule has 0 amide bonds. The van der Waals surface area contributed by atoms with Gasteiger partial charge in [0.2, 0.25) is 5.82 Å². The molecule has 0 spiro atoms. The fourth-order valence-corrected chi connectivity index (χ4v) is 4.81. The lowest BCUT2D eigenvalue weighted by Gasteiger charge is -2.29. The first-order valence-corrected chi connectivity index (χ1v) is 11.1. The average Bonchev–Trinajstić information content (AvgIpc) is 3.47. The Balaban J connectivity index is 1.42. The van der Waals surface area contributed by atoms with Gasteiger partial charge in [0.15, 0.2) is 11.5 Å². The summed E-state index contributed by atoms with van der Waals surface area (Å²) in [7, 11) is 2.00. The summed E-state index contributed by atoms with van der Waals surface area (Å²) in [6, 6.07) is 4.26. The lowest BCUT2D eigenvalue weighted by molar-refractivity contribution is 0.306. The summed E-state index contributed by atoms with van der Waals surface area (Å²) in [5.41, 5.74) is 8.33. The molecule has 1 aliphatic carbocycles. The Labute approximate surface area is 187 Å². The number of nitrogens with one attached hydrogen (secondary N) is 1. The Morgan fingerprint density at radius 3 is 2.66 bits per heavy atom. The highest BCUT2D eigenvalue weighted by atomic mass is 16.5. The molecule has 0 fully saturated rings. The number of rotatable bonds is 5. The minimum absolute atomic E-state index is 0.294. The van der Waals surface area contributed by atoms with Crippen LogP contribution in [0.3, 0.4) is 0 Å². The summed E-state index contributed by atoms with van der Waals surface area (Å²) in [5.74, 6) is 1.93. The SMILES string of the molecule is Cc1cc(-c2noc(-c3nn(C)c4c3CCC(C)(C)C4)n2)cc(C)c1CCc1nc[nH]n1. The second kappa shape index (κ2) is 7.69. The molecule has 3 heterocycles. The van der Waals surface area contributed by atoms with Crippen molar-refractivity contribution in [2.75, 3.05) is 0 Å². The zero-order valence-electron chi connectivity index (χ0n) is 19.4. The van der Waals surface area contributed by atoms with Crippen LogP contribution in [0.1, 0.15) is 54.0 Å². The number of aromatic amines is 1. The fraction of sp³-hybridized carbons (Fsp3) is 0.458. The number of hydrogen-bond donors (Lipinski definition) is 1. The third-order valence-corrected chi connectivity index (χ3v) is 6.62. The van der Waals surface area contributed by atoms with Gasteiger partial charge in [-0.2, -0.15) is 15.2 Å². The van der Waals surface area contributed by atoms with Crippen molar-refractivity contribution in [3.05, 3.63) is 52.2 Å². The van der Waals surface area contributed by atoms with E-state index >= 15 is 0 Å². The molecule has 5 rings (SSSR count). The van der Waals surface area contributed by atoms with Crippen LogP contribution >= 0.6 is 0 Å². The van der Waals surface area contributed by atoms with E-state index in [0.29, 0.717) is 17.1 Å². The van der Waals surface area contributed by atoms with Gasteiger partial charge in [-0.05, 0) is 73.8 Å². The van der Waals surface area contributed by atoms with Crippen LogP contribution in [-0.4, -0.2) is 35.1 Å². The van der Waals surface area contributed by atoms with Crippen molar-refractivity contribution < 1.29 is 4.52 Å². The number of H-pyrrole nitrogens is 1. The highest BCUT2D eigenvalue weighted by molar-refractivity contribution is 5.63. The van der Waals surface area contributed by atoms with Crippen molar-refractivity contribution in [3.8, 4) is 23.0 Å². The molecule has 0 radical (unpaired) electrons. The molecule has 8 nitrogen and oxygen atoms in total. The van der Waals surface area contributed by atoms with Gasteiger partial charge in [-0.15, -0.1) is 0 Å². The molecule has 0 saturated carbocycles. The quantitative estimate of drug-likeness (QED) is 0.509. The van der Waals surface area contributed by atoms with Crippen LogP contribution in [0.5, 0.6) is 0 Å². The van der Waals surface area contributed by atoms with Crippen molar-refractivity contribution in [2.45, 2.75) is 59.8 Å². The van der Waals surface area contributed by atoms with E-state index in [0.717, 1.165) is 49.2 Å². The minimum atomic E-state index is 0.294. The van der Waals surface area contributed by atoms with E-state index in [2.05, 4.69) is 60.2 Å². The van der Waals surface area contributed by atoms with Crippen molar-refractivity contribution in [2.24, 2.45) is 12.5 Å². The second-order valence-corrected chi connectivity index (χ2v) is 9.67. The number of benzene rings is 1. The Morgan fingerprint density at radius 2 is 1.94 bits per heavy atom. The molecule has 0 saturated heterocycles. The third kappa shape index (κ3) is 3.74. The maximum Gasteiger partial charge on any atom is 0.279 e. The molecular formula is C24H29N7O. The fourth-order valence-electron chi connectivity index (χ4n) is 4.81. The number of aromatic nitrogens is 7. The molecule has 8 heteroatoms. The number of fused-ring (bicyclic) bond motifs is 1. The summed E-state index contributed by atoms with van der Waals surface area (Å²) >= 11 is 0. The molecular weight excluding hydrogens is 402 g/mol. The van der Waals surface area contributed by atoms with Crippen LogP contribution in [0.15, 0.2) is 23.0 Å². The number of aryl methyl sites for hydroxylation is 4. The maximum atomic E-state index is 5.69. The predicted octanol–water partition coefficient (Wildman–Crippen LogP) is 4.17. The first-order valence-electron chi connectivity index (χ1n) is 11.1. The summed E-state index contributed by atoms with van der Waals surface area (Å²) in [6.45, 7) is 8.88. The van der Waals surface area contributed by atoms with Gasteiger partial charge in [-0.1, -0.05) is 19.0 Å². The third-order valence-electron chi connectivity index (χ3n) is 6.62. The zero-order valence-corrected chi connectivity index (χ0v) is 19.4. The Hall–Kier alpha value is -3.29. The predicted molar refractivity (Wildman–Crippen MR) is 121 cm³/mol. The van der Waals surface area contributed by atoms with E-state index in [1.54, 1.807) is 6.33 Å². The highest BCUT2D eigenvalue weighted by Crippen LogP contribution is 2.38. The van der Waals surface area contributed by atoms with Crippen LogP contribution < -0.4 is 0 Å². The van der Waals surface area contributed by atoms with Crippen LogP contribution in [-0.2, 0) is 32.7 Å². The topological polar surface area (TPSA) is 98.3 Å². The van der Waals surface area contributed by atoms with Crippen molar-refractivity contribution in [1.82, 2.24) is 35.1 Å². The van der Waals surface area contributed by atoms with Crippen molar-refractivity contribution in [3.63, 3.8) is 0 Å². The summed E-state index contributed by atoms with van der Waals surface area (Å²) in [6.07, 6.45) is 6.45. The Kier molecular flexibility index (Phi) is 4.95. The van der Waals surface area contributed by atoms with Gasteiger partial charge in [0, 0.05) is 30.3 Å².